The van der Waals surface area contributed by atoms with Crippen LogP contribution in [0.4, 0.5) is 5.69 Å². The molecule has 0 heterocycles. The quantitative estimate of drug-likeness (QED) is 0.795. The summed E-state index contributed by atoms with van der Waals surface area (Å²) in [6.07, 6.45) is 0.838. The normalized spacial score (nSPS) is 10.1. The lowest BCUT2D eigenvalue weighted by Crippen LogP contribution is -2.20. The molecule has 25 heavy (non-hydrogen) atoms. The van der Waals surface area contributed by atoms with Gasteiger partial charge in [0.05, 0.1) is 21.3 Å². The summed E-state index contributed by atoms with van der Waals surface area (Å²) in [6.45, 7) is 1.95. The third-order valence-electron chi connectivity index (χ3n) is 3.66. The minimum atomic E-state index is -0.278. The highest BCUT2D eigenvalue weighted by atomic mass is 16.5. The molecule has 0 unspecified atom stereocenters. The van der Waals surface area contributed by atoms with Gasteiger partial charge in [-0.15, -0.1) is 0 Å². The zero-order chi connectivity index (χ0) is 18.2. The molecule has 0 radical (unpaired) electrons. The molecule has 2 aromatic carbocycles. The number of rotatable bonds is 8. The Kier molecular flexibility index (Phi) is 6.51. The van der Waals surface area contributed by atoms with Gasteiger partial charge in [-0.05, 0) is 18.1 Å². The van der Waals surface area contributed by atoms with Crippen molar-refractivity contribution in [2.24, 2.45) is 0 Å². The van der Waals surface area contributed by atoms with Gasteiger partial charge in [-0.3, -0.25) is 4.79 Å². The monoisotopic (exact) mass is 345 g/mol. The summed E-state index contributed by atoms with van der Waals surface area (Å²) in [4.78, 5) is 12.2. The average molecular weight is 345 g/mol. The summed E-state index contributed by atoms with van der Waals surface area (Å²) in [6, 6.07) is 11.0. The van der Waals surface area contributed by atoms with E-state index in [1.54, 1.807) is 12.1 Å². The number of hydrogen-bond donors (Lipinski definition) is 1. The fourth-order valence-electron chi connectivity index (χ4n) is 2.43. The van der Waals surface area contributed by atoms with Crippen LogP contribution in [0.1, 0.15) is 12.5 Å². The highest BCUT2D eigenvalue weighted by Gasteiger charge is 2.15. The Bertz CT molecular complexity index is 704. The molecule has 2 rings (SSSR count). The van der Waals surface area contributed by atoms with Crippen LogP contribution in [0.5, 0.6) is 23.0 Å². The highest BCUT2D eigenvalue weighted by Crippen LogP contribution is 2.39. The van der Waals surface area contributed by atoms with Crippen molar-refractivity contribution in [2.75, 3.05) is 33.3 Å². The molecule has 2 aromatic rings. The number of benzene rings is 2. The minimum absolute atomic E-state index is 0.0896. The maximum Gasteiger partial charge on any atom is 0.262 e. The molecule has 0 atom stereocenters. The number of ether oxygens (including phenoxy) is 4. The van der Waals surface area contributed by atoms with E-state index in [-0.39, 0.29) is 12.5 Å². The molecule has 1 amide bonds. The molecule has 0 aliphatic heterocycles. The van der Waals surface area contributed by atoms with Crippen LogP contribution in [0.25, 0.3) is 0 Å². The van der Waals surface area contributed by atoms with Gasteiger partial charge in [-0.25, -0.2) is 0 Å². The van der Waals surface area contributed by atoms with Crippen LogP contribution in [0.2, 0.25) is 0 Å². The van der Waals surface area contributed by atoms with Crippen molar-refractivity contribution in [1.29, 1.82) is 0 Å². The minimum Gasteiger partial charge on any atom is -0.493 e. The summed E-state index contributed by atoms with van der Waals surface area (Å²) in [5.74, 6) is 1.84. The number of amides is 1. The Labute approximate surface area is 147 Å². The molecule has 1 N–H and O–H groups in total. The lowest BCUT2D eigenvalue weighted by molar-refractivity contribution is -0.118. The number of carbonyl (C=O) groups excluding carboxylic acids is 1. The van der Waals surface area contributed by atoms with Crippen molar-refractivity contribution in [1.82, 2.24) is 0 Å². The van der Waals surface area contributed by atoms with Gasteiger partial charge >= 0.3 is 0 Å². The molecular weight excluding hydrogens is 322 g/mol. The lowest BCUT2D eigenvalue weighted by Gasteiger charge is -2.15. The molecule has 6 heteroatoms. The van der Waals surface area contributed by atoms with E-state index in [2.05, 4.69) is 5.32 Å². The average Bonchev–Trinajstić information content (AvgIpc) is 2.65. The van der Waals surface area contributed by atoms with Gasteiger partial charge in [0.25, 0.3) is 5.91 Å². The van der Waals surface area contributed by atoms with Gasteiger partial charge in [0.2, 0.25) is 5.75 Å². The Morgan fingerprint density at radius 1 is 0.960 bits per heavy atom. The van der Waals surface area contributed by atoms with Crippen molar-refractivity contribution in [3.8, 4) is 23.0 Å². The van der Waals surface area contributed by atoms with E-state index in [4.69, 9.17) is 18.9 Å². The van der Waals surface area contributed by atoms with E-state index in [1.807, 2.05) is 31.2 Å². The van der Waals surface area contributed by atoms with Gasteiger partial charge in [0.15, 0.2) is 18.1 Å². The van der Waals surface area contributed by atoms with Crippen LogP contribution < -0.4 is 24.3 Å². The molecule has 134 valence electrons. The van der Waals surface area contributed by atoms with Crippen LogP contribution in [0.15, 0.2) is 36.4 Å². The Balaban J connectivity index is 2.07. The third-order valence-corrected chi connectivity index (χ3v) is 3.66. The number of methoxy groups -OCH3 is 3. The summed E-state index contributed by atoms with van der Waals surface area (Å²) >= 11 is 0. The zero-order valence-corrected chi connectivity index (χ0v) is 14.9. The van der Waals surface area contributed by atoms with Crippen LogP contribution in [0, 0.1) is 0 Å². The molecular formula is C19H23NO5. The second-order valence-corrected chi connectivity index (χ2v) is 5.21. The van der Waals surface area contributed by atoms with E-state index in [9.17, 15) is 4.79 Å². The fourth-order valence-corrected chi connectivity index (χ4v) is 2.43. The number of aryl methyl sites for hydroxylation is 1. The first-order valence-electron chi connectivity index (χ1n) is 7.93. The molecule has 0 aromatic heterocycles. The van der Waals surface area contributed by atoms with Crippen molar-refractivity contribution >= 4 is 11.6 Å². The number of carbonyl (C=O) groups is 1. The largest absolute Gasteiger partial charge is 0.493 e. The topological polar surface area (TPSA) is 66.0 Å². The standard InChI is InChI=1S/C19H23NO5/c1-5-13-8-6-7-9-15(13)25-12-18(21)20-14-10-16(22-2)19(24-4)17(11-14)23-3/h6-11H,5,12H2,1-4H3,(H,20,21). The molecule has 6 nitrogen and oxygen atoms in total. The first kappa shape index (κ1) is 18.4. The van der Waals surface area contributed by atoms with Crippen molar-refractivity contribution in [2.45, 2.75) is 13.3 Å². The van der Waals surface area contributed by atoms with Crippen molar-refractivity contribution < 1.29 is 23.7 Å². The van der Waals surface area contributed by atoms with Crippen LogP contribution in [-0.2, 0) is 11.2 Å². The lowest BCUT2D eigenvalue weighted by atomic mass is 10.1. The van der Waals surface area contributed by atoms with Gasteiger partial charge in [-0.1, -0.05) is 25.1 Å². The Morgan fingerprint density at radius 3 is 2.16 bits per heavy atom. The molecule has 0 saturated heterocycles. The summed E-state index contributed by atoms with van der Waals surface area (Å²) in [5, 5.41) is 2.77. The first-order chi connectivity index (χ1) is 12.1. The van der Waals surface area contributed by atoms with Crippen LogP contribution in [-0.4, -0.2) is 33.8 Å². The second kappa shape index (κ2) is 8.82. The van der Waals surface area contributed by atoms with E-state index in [0.29, 0.717) is 28.7 Å². The number of hydrogen-bond acceptors (Lipinski definition) is 5. The highest BCUT2D eigenvalue weighted by molar-refractivity contribution is 5.92. The summed E-state index contributed by atoms with van der Waals surface area (Å²) in [5.41, 5.74) is 1.59. The second-order valence-electron chi connectivity index (χ2n) is 5.21. The zero-order valence-electron chi connectivity index (χ0n) is 14.9. The van der Waals surface area contributed by atoms with E-state index < -0.39 is 0 Å². The molecule has 0 aliphatic rings. The number of para-hydroxylation sites is 1. The third kappa shape index (κ3) is 4.56. The molecule has 0 saturated carbocycles. The van der Waals surface area contributed by atoms with Gasteiger partial charge in [0, 0.05) is 17.8 Å². The molecule has 0 spiro atoms. The SMILES string of the molecule is CCc1ccccc1OCC(=O)Nc1cc(OC)c(OC)c(OC)c1. The number of anilines is 1. The molecule has 0 aliphatic carbocycles. The van der Waals surface area contributed by atoms with E-state index in [1.165, 1.54) is 21.3 Å². The predicted octanol–water partition coefficient (Wildman–Crippen LogP) is 3.29. The number of nitrogens with one attached hydrogen (secondary N) is 1. The predicted molar refractivity (Wildman–Crippen MR) is 96.0 cm³/mol. The summed E-state index contributed by atoms with van der Waals surface area (Å²) in [7, 11) is 4.57. The van der Waals surface area contributed by atoms with E-state index in [0.717, 1.165) is 12.0 Å². The first-order valence-corrected chi connectivity index (χ1v) is 7.93. The maximum atomic E-state index is 12.2. The smallest absolute Gasteiger partial charge is 0.262 e. The van der Waals surface area contributed by atoms with Gasteiger partial charge in [-0.2, -0.15) is 0 Å². The molecule has 0 fully saturated rings. The Morgan fingerprint density at radius 2 is 1.60 bits per heavy atom. The summed E-state index contributed by atoms with van der Waals surface area (Å²) < 4.78 is 21.4. The van der Waals surface area contributed by atoms with E-state index >= 15 is 0 Å². The van der Waals surface area contributed by atoms with Crippen molar-refractivity contribution in [3.63, 3.8) is 0 Å². The van der Waals surface area contributed by atoms with Gasteiger partial charge < -0.3 is 24.3 Å². The molecule has 0 bridgehead atoms. The fraction of sp³-hybridized carbons (Fsp3) is 0.316. The van der Waals surface area contributed by atoms with Gasteiger partial charge in [0.1, 0.15) is 5.75 Å². The van der Waals surface area contributed by atoms with Crippen molar-refractivity contribution in [3.05, 3.63) is 42.0 Å². The Hall–Kier alpha value is -2.89. The maximum absolute atomic E-state index is 12.2. The van der Waals surface area contributed by atoms with Crippen LogP contribution in [0.3, 0.4) is 0 Å². The van der Waals surface area contributed by atoms with Crippen LogP contribution >= 0.6 is 0 Å².